The lowest BCUT2D eigenvalue weighted by atomic mass is 9.75. The fourth-order valence-corrected chi connectivity index (χ4v) is 2.43. The van der Waals surface area contributed by atoms with Crippen LogP contribution < -0.4 is 15.8 Å². The van der Waals surface area contributed by atoms with E-state index >= 15 is 0 Å². The first-order chi connectivity index (χ1) is 9.52. The molecule has 0 spiro atoms. The highest BCUT2D eigenvalue weighted by Crippen LogP contribution is 2.35. The summed E-state index contributed by atoms with van der Waals surface area (Å²) in [7, 11) is 4.13. The lowest BCUT2D eigenvalue weighted by Crippen LogP contribution is -2.57. The third-order valence-corrected chi connectivity index (χ3v) is 4.08. The SMILES string of the molecule is CN(C)C1(CNC(=O)COc2cccc(N)c2)CCC1. The first-order valence-electron chi connectivity index (χ1n) is 6.94. The lowest BCUT2D eigenvalue weighted by molar-refractivity contribution is -0.124. The minimum Gasteiger partial charge on any atom is -0.484 e. The van der Waals surface area contributed by atoms with Crippen molar-refractivity contribution < 1.29 is 9.53 Å². The van der Waals surface area contributed by atoms with Gasteiger partial charge < -0.3 is 20.7 Å². The van der Waals surface area contributed by atoms with Crippen LogP contribution in [0.2, 0.25) is 0 Å². The normalized spacial score (nSPS) is 16.6. The molecule has 1 saturated carbocycles. The minimum atomic E-state index is -0.0967. The molecule has 0 aromatic heterocycles. The monoisotopic (exact) mass is 277 g/mol. The Morgan fingerprint density at radius 1 is 1.45 bits per heavy atom. The van der Waals surface area contributed by atoms with Gasteiger partial charge in [0, 0.05) is 23.8 Å². The van der Waals surface area contributed by atoms with Gasteiger partial charge in [0.1, 0.15) is 5.75 Å². The molecule has 0 radical (unpaired) electrons. The summed E-state index contributed by atoms with van der Waals surface area (Å²) in [5, 5.41) is 2.95. The average Bonchev–Trinajstić information content (AvgIpc) is 2.34. The first kappa shape index (κ1) is 14.7. The molecule has 0 heterocycles. The van der Waals surface area contributed by atoms with Crippen LogP contribution in [0.25, 0.3) is 0 Å². The Bertz CT molecular complexity index is 470. The standard InChI is InChI=1S/C15H23N3O2/c1-18(2)15(7-4-8-15)11-17-14(19)10-20-13-6-3-5-12(16)9-13/h3,5-6,9H,4,7-8,10-11,16H2,1-2H3,(H,17,19). The number of carbonyl (C=O) groups excluding carboxylic acids is 1. The Balaban J connectivity index is 1.76. The van der Waals surface area contributed by atoms with Crippen LogP contribution in [-0.4, -0.2) is 43.6 Å². The molecule has 0 aliphatic heterocycles. The van der Waals surface area contributed by atoms with Gasteiger partial charge in [0.15, 0.2) is 6.61 Å². The van der Waals surface area contributed by atoms with E-state index in [0.717, 1.165) is 12.8 Å². The molecule has 0 bridgehead atoms. The summed E-state index contributed by atoms with van der Waals surface area (Å²) in [5.74, 6) is 0.520. The lowest BCUT2D eigenvalue weighted by Gasteiger charge is -2.47. The molecule has 1 aromatic carbocycles. The molecule has 2 rings (SSSR count). The molecule has 20 heavy (non-hydrogen) atoms. The number of rotatable bonds is 6. The van der Waals surface area contributed by atoms with E-state index in [0.29, 0.717) is 18.0 Å². The average molecular weight is 277 g/mol. The van der Waals surface area contributed by atoms with E-state index in [2.05, 4.69) is 24.3 Å². The number of likely N-dealkylation sites (N-methyl/N-ethyl adjacent to an activating group) is 1. The predicted octanol–water partition coefficient (Wildman–Crippen LogP) is 1.25. The van der Waals surface area contributed by atoms with Gasteiger partial charge in [0.05, 0.1) is 0 Å². The molecule has 1 aliphatic carbocycles. The Morgan fingerprint density at radius 2 is 2.20 bits per heavy atom. The molecule has 1 aromatic rings. The number of hydrogen-bond donors (Lipinski definition) is 2. The van der Waals surface area contributed by atoms with Gasteiger partial charge in [-0.25, -0.2) is 0 Å². The molecular weight excluding hydrogens is 254 g/mol. The Morgan fingerprint density at radius 3 is 2.75 bits per heavy atom. The van der Waals surface area contributed by atoms with Gasteiger partial charge in [-0.15, -0.1) is 0 Å². The van der Waals surface area contributed by atoms with Gasteiger partial charge in [-0.3, -0.25) is 4.79 Å². The summed E-state index contributed by atoms with van der Waals surface area (Å²) >= 11 is 0. The van der Waals surface area contributed by atoms with Gasteiger partial charge in [-0.2, -0.15) is 0 Å². The number of hydrogen-bond acceptors (Lipinski definition) is 4. The van der Waals surface area contributed by atoms with Crippen molar-refractivity contribution in [3.8, 4) is 5.75 Å². The van der Waals surface area contributed by atoms with Crippen LogP contribution in [0.5, 0.6) is 5.75 Å². The van der Waals surface area contributed by atoms with Crippen molar-refractivity contribution in [3.05, 3.63) is 24.3 Å². The zero-order valence-corrected chi connectivity index (χ0v) is 12.2. The number of nitrogens with two attached hydrogens (primary N) is 1. The molecular formula is C15H23N3O2. The number of carbonyl (C=O) groups is 1. The number of anilines is 1. The zero-order chi connectivity index (χ0) is 14.6. The van der Waals surface area contributed by atoms with Crippen molar-refractivity contribution in [2.24, 2.45) is 0 Å². The van der Waals surface area contributed by atoms with Gasteiger partial charge in [-0.1, -0.05) is 6.07 Å². The van der Waals surface area contributed by atoms with Crippen molar-refractivity contribution in [1.29, 1.82) is 0 Å². The second-order valence-corrected chi connectivity index (χ2v) is 5.61. The van der Waals surface area contributed by atoms with E-state index in [1.165, 1.54) is 6.42 Å². The van der Waals surface area contributed by atoms with E-state index in [-0.39, 0.29) is 18.1 Å². The summed E-state index contributed by atoms with van der Waals surface area (Å²) < 4.78 is 5.42. The second-order valence-electron chi connectivity index (χ2n) is 5.61. The highest BCUT2D eigenvalue weighted by Gasteiger charge is 2.39. The summed E-state index contributed by atoms with van der Waals surface area (Å²) in [6, 6.07) is 7.08. The van der Waals surface area contributed by atoms with Crippen molar-refractivity contribution in [1.82, 2.24) is 10.2 Å². The molecule has 1 fully saturated rings. The number of nitrogens with one attached hydrogen (secondary N) is 1. The number of nitrogens with zero attached hydrogens (tertiary/aromatic N) is 1. The van der Waals surface area contributed by atoms with Crippen molar-refractivity contribution >= 4 is 11.6 Å². The molecule has 1 aliphatic rings. The first-order valence-corrected chi connectivity index (χ1v) is 6.94. The highest BCUT2D eigenvalue weighted by molar-refractivity contribution is 5.77. The second kappa shape index (κ2) is 6.13. The maximum Gasteiger partial charge on any atom is 0.258 e. The summed E-state index contributed by atoms with van der Waals surface area (Å²) in [6.45, 7) is 0.700. The summed E-state index contributed by atoms with van der Waals surface area (Å²) in [4.78, 5) is 14.0. The van der Waals surface area contributed by atoms with Crippen molar-refractivity contribution in [3.63, 3.8) is 0 Å². The van der Waals surface area contributed by atoms with E-state index in [1.807, 2.05) is 0 Å². The van der Waals surface area contributed by atoms with Crippen LogP contribution in [0.1, 0.15) is 19.3 Å². The zero-order valence-electron chi connectivity index (χ0n) is 12.2. The maximum atomic E-state index is 11.8. The number of benzene rings is 1. The Labute approximate surface area is 120 Å². The van der Waals surface area contributed by atoms with Gasteiger partial charge >= 0.3 is 0 Å². The van der Waals surface area contributed by atoms with Crippen LogP contribution in [-0.2, 0) is 4.79 Å². The summed E-state index contributed by atoms with van der Waals surface area (Å²) in [6.07, 6.45) is 3.50. The van der Waals surface area contributed by atoms with Crippen molar-refractivity contribution in [2.75, 3.05) is 33.0 Å². The molecule has 0 saturated heterocycles. The molecule has 0 atom stereocenters. The topological polar surface area (TPSA) is 67.6 Å². The third-order valence-electron chi connectivity index (χ3n) is 4.08. The molecule has 0 unspecified atom stereocenters. The molecule has 5 nitrogen and oxygen atoms in total. The molecule has 110 valence electrons. The van der Waals surface area contributed by atoms with Gasteiger partial charge in [0.25, 0.3) is 5.91 Å². The van der Waals surface area contributed by atoms with Crippen LogP contribution in [0.15, 0.2) is 24.3 Å². The van der Waals surface area contributed by atoms with E-state index in [4.69, 9.17) is 10.5 Å². The predicted molar refractivity (Wildman–Crippen MR) is 79.6 cm³/mol. The fraction of sp³-hybridized carbons (Fsp3) is 0.533. The maximum absolute atomic E-state index is 11.8. The smallest absolute Gasteiger partial charge is 0.258 e. The Kier molecular flexibility index (Phi) is 4.49. The highest BCUT2D eigenvalue weighted by atomic mass is 16.5. The minimum absolute atomic E-state index is 0.0208. The van der Waals surface area contributed by atoms with Crippen molar-refractivity contribution in [2.45, 2.75) is 24.8 Å². The van der Waals surface area contributed by atoms with Crippen LogP contribution in [0, 0.1) is 0 Å². The Hall–Kier alpha value is -1.75. The molecule has 1 amide bonds. The van der Waals surface area contributed by atoms with Gasteiger partial charge in [0.2, 0.25) is 0 Å². The van der Waals surface area contributed by atoms with E-state index in [9.17, 15) is 4.79 Å². The van der Waals surface area contributed by atoms with Crippen LogP contribution >= 0.6 is 0 Å². The largest absolute Gasteiger partial charge is 0.484 e. The quantitative estimate of drug-likeness (QED) is 0.768. The molecule has 5 heteroatoms. The van der Waals surface area contributed by atoms with E-state index in [1.54, 1.807) is 24.3 Å². The molecule has 3 N–H and O–H groups in total. The van der Waals surface area contributed by atoms with Gasteiger partial charge in [-0.05, 0) is 45.5 Å². The van der Waals surface area contributed by atoms with Crippen LogP contribution in [0.3, 0.4) is 0 Å². The summed E-state index contributed by atoms with van der Waals surface area (Å²) in [5.41, 5.74) is 6.41. The van der Waals surface area contributed by atoms with Crippen LogP contribution in [0.4, 0.5) is 5.69 Å². The van der Waals surface area contributed by atoms with E-state index < -0.39 is 0 Å². The fourth-order valence-electron chi connectivity index (χ4n) is 2.43. The third kappa shape index (κ3) is 3.42. The number of ether oxygens (including phenoxy) is 1. The number of amides is 1. The number of nitrogen functional groups attached to an aromatic ring is 1.